The van der Waals surface area contributed by atoms with Crippen molar-refractivity contribution < 1.29 is 10.2 Å². The molecule has 0 aromatic heterocycles. The highest BCUT2D eigenvalue weighted by Gasteiger charge is 2.19. The van der Waals surface area contributed by atoms with E-state index in [2.05, 4.69) is 15.9 Å². The molecule has 0 unspecified atom stereocenters. The van der Waals surface area contributed by atoms with E-state index in [1.165, 1.54) is 0 Å². The highest BCUT2D eigenvalue weighted by atomic mass is 79.9. The summed E-state index contributed by atoms with van der Waals surface area (Å²) in [5.41, 5.74) is 1.41. The van der Waals surface area contributed by atoms with Crippen molar-refractivity contribution >= 4 is 15.9 Å². The van der Waals surface area contributed by atoms with E-state index in [1.807, 2.05) is 30.3 Å². The Kier molecular flexibility index (Phi) is 3.94. The number of hydrogen-bond acceptors (Lipinski definition) is 2. The molecule has 0 heterocycles. The smallest absolute Gasteiger partial charge is 0.109 e. The van der Waals surface area contributed by atoms with E-state index in [-0.39, 0.29) is 0 Å². The van der Waals surface area contributed by atoms with Gasteiger partial charge in [-0.1, -0.05) is 58.4 Å². The van der Waals surface area contributed by atoms with Crippen molar-refractivity contribution in [2.45, 2.75) is 12.2 Å². The van der Waals surface area contributed by atoms with Crippen LogP contribution in [-0.4, -0.2) is 10.2 Å². The lowest BCUT2D eigenvalue weighted by Gasteiger charge is -2.18. The molecule has 0 saturated heterocycles. The van der Waals surface area contributed by atoms with E-state index >= 15 is 0 Å². The van der Waals surface area contributed by atoms with Gasteiger partial charge in [-0.25, -0.2) is 0 Å². The molecule has 0 aliphatic rings. The summed E-state index contributed by atoms with van der Waals surface area (Å²) in [6, 6.07) is 16.4. The number of benzene rings is 2. The van der Waals surface area contributed by atoms with Crippen molar-refractivity contribution in [2.75, 3.05) is 0 Å². The molecule has 0 radical (unpaired) electrons. The summed E-state index contributed by atoms with van der Waals surface area (Å²) in [5.74, 6) is 0. The Hall–Kier alpha value is -1.16. The minimum absolute atomic E-state index is 0.699. The first-order valence-electron chi connectivity index (χ1n) is 5.35. The normalized spacial score (nSPS) is 14.3. The average Bonchev–Trinajstić information content (AvgIpc) is 2.39. The number of aliphatic hydroxyl groups is 2. The summed E-state index contributed by atoms with van der Waals surface area (Å²) in [4.78, 5) is 0. The molecule has 88 valence electrons. The van der Waals surface area contributed by atoms with Gasteiger partial charge in [-0.3, -0.25) is 0 Å². The molecular formula is C14H13BrO2. The first-order valence-corrected chi connectivity index (χ1v) is 6.14. The van der Waals surface area contributed by atoms with Gasteiger partial charge in [0.1, 0.15) is 12.2 Å². The fourth-order valence-electron chi connectivity index (χ4n) is 1.67. The zero-order chi connectivity index (χ0) is 12.3. The zero-order valence-electron chi connectivity index (χ0n) is 9.12. The summed E-state index contributed by atoms with van der Waals surface area (Å²) in [6.45, 7) is 0. The van der Waals surface area contributed by atoms with Crippen LogP contribution in [0, 0.1) is 0 Å². The van der Waals surface area contributed by atoms with Crippen LogP contribution >= 0.6 is 15.9 Å². The molecule has 0 fully saturated rings. The molecule has 0 saturated carbocycles. The van der Waals surface area contributed by atoms with Crippen LogP contribution in [0.3, 0.4) is 0 Å². The van der Waals surface area contributed by atoms with Crippen LogP contribution in [0.5, 0.6) is 0 Å². The van der Waals surface area contributed by atoms with Crippen LogP contribution in [0.1, 0.15) is 23.3 Å². The summed E-state index contributed by atoms with van der Waals surface area (Å²) in [6.07, 6.45) is -1.82. The van der Waals surface area contributed by atoms with Crippen LogP contribution in [-0.2, 0) is 0 Å². The van der Waals surface area contributed by atoms with Crippen molar-refractivity contribution in [2.24, 2.45) is 0 Å². The SMILES string of the molecule is O[C@H](c1ccccc1)[C@@H](O)c1ccc(Br)cc1. The molecule has 2 rings (SSSR count). The maximum absolute atomic E-state index is 10.1. The fraction of sp³-hybridized carbons (Fsp3) is 0.143. The maximum atomic E-state index is 10.1. The maximum Gasteiger partial charge on any atom is 0.109 e. The number of hydrogen-bond donors (Lipinski definition) is 2. The molecule has 2 atom stereocenters. The second kappa shape index (κ2) is 5.45. The van der Waals surface area contributed by atoms with Gasteiger partial charge in [0, 0.05) is 4.47 Å². The van der Waals surface area contributed by atoms with Gasteiger partial charge in [0.05, 0.1) is 0 Å². The van der Waals surface area contributed by atoms with Gasteiger partial charge in [0.2, 0.25) is 0 Å². The molecule has 0 spiro atoms. The summed E-state index contributed by atoms with van der Waals surface area (Å²) in [5, 5.41) is 20.1. The largest absolute Gasteiger partial charge is 0.385 e. The Morgan fingerprint density at radius 3 is 1.71 bits per heavy atom. The van der Waals surface area contributed by atoms with Crippen molar-refractivity contribution in [3.63, 3.8) is 0 Å². The highest BCUT2D eigenvalue weighted by Crippen LogP contribution is 2.28. The van der Waals surface area contributed by atoms with Gasteiger partial charge in [-0.15, -0.1) is 0 Å². The highest BCUT2D eigenvalue weighted by molar-refractivity contribution is 9.10. The zero-order valence-corrected chi connectivity index (χ0v) is 10.7. The Labute approximate surface area is 109 Å². The van der Waals surface area contributed by atoms with Gasteiger partial charge in [0.15, 0.2) is 0 Å². The molecule has 2 aromatic carbocycles. The van der Waals surface area contributed by atoms with E-state index in [4.69, 9.17) is 0 Å². The van der Waals surface area contributed by atoms with E-state index < -0.39 is 12.2 Å². The summed E-state index contributed by atoms with van der Waals surface area (Å²) in [7, 11) is 0. The third-order valence-corrected chi connectivity index (χ3v) is 3.18. The molecule has 0 bridgehead atoms. The number of rotatable bonds is 3. The fourth-order valence-corrected chi connectivity index (χ4v) is 1.94. The van der Waals surface area contributed by atoms with E-state index in [9.17, 15) is 10.2 Å². The van der Waals surface area contributed by atoms with E-state index in [0.717, 1.165) is 4.47 Å². The third kappa shape index (κ3) is 2.94. The second-order valence-corrected chi connectivity index (χ2v) is 4.77. The molecule has 17 heavy (non-hydrogen) atoms. The molecule has 0 aliphatic carbocycles. The summed E-state index contributed by atoms with van der Waals surface area (Å²) < 4.78 is 0.947. The first kappa shape index (κ1) is 12.3. The topological polar surface area (TPSA) is 40.5 Å². The molecule has 0 amide bonds. The molecule has 0 aliphatic heterocycles. The van der Waals surface area contributed by atoms with Crippen LogP contribution in [0.4, 0.5) is 0 Å². The van der Waals surface area contributed by atoms with Gasteiger partial charge >= 0.3 is 0 Å². The Morgan fingerprint density at radius 1 is 0.706 bits per heavy atom. The first-order chi connectivity index (χ1) is 8.18. The lowest BCUT2D eigenvalue weighted by atomic mass is 9.98. The van der Waals surface area contributed by atoms with Gasteiger partial charge < -0.3 is 10.2 Å². The standard InChI is InChI=1S/C14H13BrO2/c15-12-8-6-11(7-9-12)14(17)13(16)10-4-2-1-3-5-10/h1-9,13-14,16-17H/t13-,14+/m1/s1. The van der Waals surface area contributed by atoms with Gasteiger partial charge in [-0.05, 0) is 23.3 Å². The lowest BCUT2D eigenvalue weighted by molar-refractivity contribution is 0.0172. The van der Waals surface area contributed by atoms with Crippen molar-refractivity contribution in [3.8, 4) is 0 Å². The van der Waals surface area contributed by atoms with E-state index in [0.29, 0.717) is 11.1 Å². The minimum atomic E-state index is -0.912. The molecule has 3 heteroatoms. The van der Waals surface area contributed by atoms with Gasteiger partial charge in [0.25, 0.3) is 0 Å². The lowest BCUT2D eigenvalue weighted by Crippen LogP contribution is -2.10. The molecular weight excluding hydrogens is 280 g/mol. The number of halogens is 1. The number of aliphatic hydroxyl groups excluding tert-OH is 2. The van der Waals surface area contributed by atoms with Crippen LogP contribution in [0.15, 0.2) is 59.1 Å². The van der Waals surface area contributed by atoms with Crippen LogP contribution in [0.2, 0.25) is 0 Å². The molecule has 2 nitrogen and oxygen atoms in total. The Balaban J connectivity index is 2.20. The van der Waals surface area contributed by atoms with Crippen LogP contribution < -0.4 is 0 Å². The molecule has 2 aromatic rings. The van der Waals surface area contributed by atoms with Crippen molar-refractivity contribution in [3.05, 3.63) is 70.2 Å². The third-order valence-electron chi connectivity index (χ3n) is 2.65. The van der Waals surface area contributed by atoms with Crippen molar-refractivity contribution in [1.82, 2.24) is 0 Å². The second-order valence-electron chi connectivity index (χ2n) is 3.85. The van der Waals surface area contributed by atoms with E-state index in [1.54, 1.807) is 24.3 Å². The van der Waals surface area contributed by atoms with Crippen molar-refractivity contribution in [1.29, 1.82) is 0 Å². The predicted molar refractivity (Wildman–Crippen MR) is 70.5 cm³/mol. The quantitative estimate of drug-likeness (QED) is 0.912. The molecule has 2 N–H and O–H groups in total. The summed E-state index contributed by atoms with van der Waals surface area (Å²) >= 11 is 3.33. The average molecular weight is 293 g/mol. The Morgan fingerprint density at radius 2 is 1.18 bits per heavy atom. The van der Waals surface area contributed by atoms with Gasteiger partial charge in [-0.2, -0.15) is 0 Å². The monoisotopic (exact) mass is 292 g/mol. The predicted octanol–water partition coefficient (Wildman–Crippen LogP) is 3.22. The minimum Gasteiger partial charge on any atom is -0.385 e. The van der Waals surface area contributed by atoms with Crippen LogP contribution in [0.25, 0.3) is 0 Å². The Bertz CT molecular complexity index is 467.